The molecule has 0 bridgehead atoms. The Morgan fingerprint density at radius 2 is 1.45 bits per heavy atom. The van der Waals surface area contributed by atoms with Crippen LogP contribution < -0.4 is 10.6 Å². The van der Waals surface area contributed by atoms with Gasteiger partial charge in [0.1, 0.15) is 5.69 Å². The van der Waals surface area contributed by atoms with Crippen LogP contribution in [0, 0.1) is 0 Å². The molecule has 156 valence electrons. The molecule has 31 heavy (non-hydrogen) atoms. The number of carbonyl (C=O) groups is 1. The highest BCUT2D eigenvalue weighted by atomic mass is 19.4. The summed E-state index contributed by atoms with van der Waals surface area (Å²) in [6, 6.07) is 22.0. The number of hydrogen-bond acceptors (Lipinski definition) is 3. The quantitative estimate of drug-likeness (QED) is 0.385. The van der Waals surface area contributed by atoms with Gasteiger partial charge in [-0.05, 0) is 18.2 Å². The summed E-state index contributed by atoms with van der Waals surface area (Å²) in [5.41, 5.74) is 1.21. The summed E-state index contributed by atoms with van der Waals surface area (Å²) >= 11 is 0. The average molecular weight is 423 g/mol. The predicted octanol–water partition coefficient (Wildman–Crippen LogP) is 6.67. The lowest BCUT2D eigenvalue weighted by atomic mass is 10.1. The van der Waals surface area contributed by atoms with Crippen molar-refractivity contribution in [3.8, 4) is 22.6 Å². The van der Waals surface area contributed by atoms with E-state index < -0.39 is 17.8 Å². The fourth-order valence-electron chi connectivity index (χ4n) is 2.98. The number of nitrogens with one attached hydrogen (secondary N) is 2. The van der Waals surface area contributed by atoms with E-state index in [9.17, 15) is 18.0 Å². The van der Waals surface area contributed by atoms with Gasteiger partial charge in [-0.3, -0.25) is 5.32 Å². The van der Waals surface area contributed by atoms with E-state index in [-0.39, 0.29) is 11.7 Å². The van der Waals surface area contributed by atoms with Gasteiger partial charge in [0.2, 0.25) is 0 Å². The van der Waals surface area contributed by atoms with Crippen molar-refractivity contribution < 1.29 is 22.4 Å². The van der Waals surface area contributed by atoms with Crippen LogP contribution in [0.25, 0.3) is 22.6 Å². The number of urea groups is 1. The van der Waals surface area contributed by atoms with E-state index in [1.54, 1.807) is 0 Å². The minimum absolute atomic E-state index is 0.00885. The molecule has 0 saturated heterocycles. The third kappa shape index (κ3) is 4.75. The largest absolute Gasteiger partial charge is 0.423 e. The number of carbonyl (C=O) groups excluding carboxylic acids is 1. The molecule has 1 aromatic heterocycles. The molecule has 0 atom stereocenters. The molecule has 5 nitrogen and oxygen atoms in total. The predicted molar refractivity (Wildman–Crippen MR) is 111 cm³/mol. The summed E-state index contributed by atoms with van der Waals surface area (Å²) in [4.78, 5) is 16.7. The monoisotopic (exact) mass is 423 g/mol. The number of benzene rings is 3. The first-order valence-electron chi connectivity index (χ1n) is 9.27. The van der Waals surface area contributed by atoms with Crippen LogP contribution in [-0.2, 0) is 6.18 Å². The number of anilines is 2. The molecule has 2 amide bonds. The third-order valence-corrected chi connectivity index (χ3v) is 4.38. The van der Waals surface area contributed by atoms with Crippen LogP contribution in [0.3, 0.4) is 0 Å². The minimum atomic E-state index is -4.51. The maximum absolute atomic E-state index is 12.9. The zero-order valence-corrected chi connectivity index (χ0v) is 16.0. The number of aromatic nitrogens is 1. The first kappa shape index (κ1) is 20.2. The van der Waals surface area contributed by atoms with E-state index in [0.29, 0.717) is 11.5 Å². The average Bonchev–Trinajstić information content (AvgIpc) is 3.18. The minimum Gasteiger partial charge on any atom is -0.423 e. The molecule has 0 saturated carbocycles. The van der Waals surface area contributed by atoms with E-state index >= 15 is 0 Å². The lowest BCUT2D eigenvalue weighted by Crippen LogP contribution is -2.20. The molecule has 8 heteroatoms. The lowest BCUT2D eigenvalue weighted by Gasteiger charge is -2.09. The summed E-state index contributed by atoms with van der Waals surface area (Å²) in [7, 11) is 0. The van der Waals surface area contributed by atoms with E-state index in [1.807, 2.05) is 60.7 Å². The summed E-state index contributed by atoms with van der Waals surface area (Å²) in [6.45, 7) is 0. The van der Waals surface area contributed by atoms with Crippen molar-refractivity contribution >= 4 is 17.7 Å². The second-order valence-electron chi connectivity index (χ2n) is 6.59. The number of hydrogen-bond donors (Lipinski definition) is 2. The van der Waals surface area contributed by atoms with Gasteiger partial charge in [-0.25, -0.2) is 4.79 Å². The highest BCUT2D eigenvalue weighted by Gasteiger charge is 2.30. The molecule has 3 aromatic carbocycles. The molecule has 4 rings (SSSR count). The van der Waals surface area contributed by atoms with E-state index in [0.717, 1.165) is 23.3 Å². The maximum atomic E-state index is 12.9. The van der Waals surface area contributed by atoms with Gasteiger partial charge in [-0.2, -0.15) is 18.2 Å². The Morgan fingerprint density at radius 1 is 0.806 bits per heavy atom. The second kappa shape index (κ2) is 8.35. The van der Waals surface area contributed by atoms with Gasteiger partial charge in [-0.15, -0.1) is 0 Å². The number of oxazole rings is 1. The zero-order chi connectivity index (χ0) is 21.8. The number of alkyl halides is 3. The van der Waals surface area contributed by atoms with Gasteiger partial charge in [0.25, 0.3) is 0 Å². The topological polar surface area (TPSA) is 67.2 Å². The Kier molecular flexibility index (Phi) is 5.44. The van der Waals surface area contributed by atoms with E-state index in [1.165, 1.54) is 12.1 Å². The molecule has 0 aliphatic heterocycles. The number of halogens is 3. The molecule has 0 fully saturated rings. The second-order valence-corrected chi connectivity index (χ2v) is 6.59. The molecule has 4 aromatic rings. The van der Waals surface area contributed by atoms with Gasteiger partial charge in [0, 0.05) is 16.8 Å². The Labute approximate surface area is 175 Å². The molecule has 0 unspecified atom stereocenters. The Hall–Kier alpha value is -4.07. The van der Waals surface area contributed by atoms with Crippen molar-refractivity contribution in [1.29, 1.82) is 0 Å². The first-order chi connectivity index (χ1) is 14.9. The normalized spacial score (nSPS) is 11.2. The Balaban J connectivity index is 1.59. The van der Waals surface area contributed by atoms with Crippen LogP contribution >= 0.6 is 0 Å². The highest BCUT2D eigenvalue weighted by Crippen LogP contribution is 2.34. The summed E-state index contributed by atoms with van der Waals surface area (Å²) in [5.74, 6) is 0.459. The summed E-state index contributed by atoms with van der Waals surface area (Å²) in [5, 5.41) is 4.80. The van der Waals surface area contributed by atoms with Crippen LogP contribution in [-0.4, -0.2) is 11.0 Å². The number of amides is 2. The van der Waals surface area contributed by atoms with Crippen molar-refractivity contribution in [3.63, 3.8) is 0 Å². The van der Waals surface area contributed by atoms with E-state index in [4.69, 9.17) is 4.42 Å². The third-order valence-electron chi connectivity index (χ3n) is 4.38. The molecular weight excluding hydrogens is 407 g/mol. The maximum Gasteiger partial charge on any atom is 0.416 e. The molecule has 2 N–H and O–H groups in total. The van der Waals surface area contributed by atoms with Crippen LogP contribution in [0.4, 0.5) is 29.7 Å². The van der Waals surface area contributed by atoms with Gasteiger partial charge < -0.3 is 9.73 Å². The van der Waals surface area contributed by atoms with Gasteiger partial charge in [-0.1, -0.05) is 66.7 Å². The van der Waals surface area contributed by atoms with Gasteiger partial charge >= 0.3 is 18.2 Å². The standard InChI is InChI=1S/C23H16F3N3O2/c24-23(25,26)17-12-7-13-18(14-17)27-21(30)29-22-28-19(15-8-3-1-4-9-15)20(31-22)16-10-5-2-6-11-16/h1-14H,(H2,27,28,29,30). The summed E-state index contributed by atoms with van der Waals surface area (Å²) < 4.78 is 44.4. The number of rotatable bonds is 4. The molecule has 0 spiro atoms. The molecule has 0 aliphatic carbocycles. The molecular formula is C23H16F3N3O2. The van der Waals surface area contributed by atoms with Crippen molar-refractivity contribution in [2.75, 3.05) is 10.6 Å². The molecule has 0 aliphatic rings. The van der Waals surface area contributed by atoms with Crippen molar-refractivity contribution in [3.05, 3.63) is 90.5 Å². The number of nitrogens with zero attached hydrogens (tertiary/aromatic N) is 1. The first-order valence-corrected chi connectivity index (χ1v) is 9.27. The smallest absolute Gasteiger partial charge is 0.416 e. The van der Waals surface area contributed by atoms with Crippen LogP contribution in [0.15, 0.2) is 89.3 Å². The van der Waals surface area contributed by atoms with Gasteiger partial charge in [0.05, 0.1) is 5.56 Å². The highest BCUT2D eigenvalue weighted by molar-refractivity contribution is 5.99. The van der Waals surface area contributed by atoms with Crippen LogP contribution in [0.1, 0.15) is 5.56 Å². The lowest BCUT2D eigenvalue weighted by molar-refractivity contribution is -0.137. The molecule has 1 heterocycles. The fourth-order valence-corrected chi connectivity index (χ4v) is 2.98. The zero-order valence-electron chi connectivity index (χ0n) is 16.0. The Bertz CT molecular complexity index is 1130. The fraction of sp³-hybridized carbons (Fsp3) is 0.0435. The van der Waals surface area contributed by atoms with Crippen molar-refractivity contribution in [2.24, 2.45) is 0 Å². The van der Waals surface area contributed by atoms with Crippen LogP contribution in [0.5, 0.6) is 0 Å². The summed E-state index contributed by atoms with van der Waals surface area (Å²) in [6.07, 6.45) is -4.51. The SMILES string of the molecule is O=C(Nc1cccc(C(F)(F)F)c1)Nc1nc(-c2ccccc2)c(-c2ccccc2)o1. The van der Waals surface area contributed by atoms with Crippen molar-refractivity contribution in [2.45, 2.75) is 6.18 Å². The van der Waals surface area contributed by atoms with E-state index in [2.05, 4.69) is 15.6 Å². The van der Waals surface area contributed by atoms with Crippen molar-refractivity contribution in [1.82, 2.24) is 4.98 Å². The van der Waals surface area contributed by atoms with Crippen LogP contribution in [0.2, 0.25) is 0 Å². The molecule has 0 radical (unpaired) electrons. The van der Waals surface area contributed by atoms with Gasteiger partial charge in [0.15, 0.2) is 5.76 Å². The Morgan fingerprint density at radius 3 is 2.10 bits per heavy atom.